The van der Waals surface area contributed by atoms with E-state index in [1.54, 1.807) is 23.9 Å². The Morgan fingerprint density at radius 1 is 1.15 bits per heavy atom. The van der Waals surface area contributed by atoms with Gasteiger partial charge >= 0.3 is 0 Å². The van der Waals surface area contributed by atoms with Crippen molar-refractivity contribution in [3.05, 3.63) is 47.3 Å². The van der Waals surface area contributed by atoms with Crippen molar-refractivity contribution >= 4 is 11.8 Å². The van der Waals surface area contributed by atoms with Crippen LogP contribution in [0.15, 0.2) is 33.9 Å². The van der Waals surface area contributed by atoms with E-state index < -0.39 is 0 Å². The van der Waals surface area contributed by atoms with E-state index >= 15 is 0 Å². The third-order valence-electron chi connectivity index (χ3n) is 4.93. The van der Waals surface area contributed by atoms with Crippen molar-refractivity contribution in [3.63, 3.8) is 0 Å². The van der Waals surface area contributed by atoms with Gasteiger partial charge in [0.1, 0.15) is 5.82 Å². The summed E-state index contributed by atoms with van der Waals surface area (Å²) in [6.07, 6.45) is 5.02. The molecule has 7 heteroatoms. The van der Waals surface area contributed by atoms with Gasteiger partial charge in [-0.05, 0) is 51.0 Å². The molecule has 26 heavy (non-hydrogen) atoms. The van der Waals surface area contributed by atoms with Gasteiger partial charge in [-0.2, -0.15) is 4.98 Å². The van der Waals surface area contributed by atoms with Crippen LogP contribution in [0.2, 0.25) is 0 Å². The molecule has 0 unspecified atom stereocenters. The molecular weight excluding hydrogens is 351 g/mol. The summed E-state index contributed by atoms with van der Waals surface area (Å²) in [5.41, 5.74) is 3.05. The molecule has 2 aromatic heterocycles. The molecule has 0 radical (unpaired) electrons. The molecule has 5 nitrogen and oxygen atoms in total. The van der Waals surface area contributed by atoms with E-state index in [2.05, 4.69) is 28.6 Å². The van der Waals surface area contributed by atoms with Crippen molar-refractivity contribution < 1.29 is 8.91 Å². The second kappa shape index (κ2) is 7.23. The molecule has 1 aromatic carbocycles. The summed E-state index contributed by atoms with van der Waals surface area (Å²) in [5.74, 6) is 1.33. The van der Waals surface area contributed by atoms with Gasteiger partial charge in [0.05, 0.1) is 11.4 Å². The van der Waals surface area contributed by atoms with Crippen molar-refractivity contribution in [2.45, 2.75) is 56.5 Å². The first-order valence-corrected chi connectivity index (χ1v) is 9.87. The lowest BCUT2D eigenvalue weighted by Crippen LogP contribution is -2.08. The number of nitrogens with zero attached hydrogens (tertiary/aromatic N) is 4. The fraction of sp³-hybridized carbons (Fsp3) is 0.421. The summed E-state index contributed by atoms with van der Waals surface area (Å²) in [6.45, 7) is 4.21. The Kier molecular flexibility index (Phi) is 4.80. The fourth-order valence-electron chi connectivity index (χ4n) is 3.44. The van der Waals surface area contributed by atoms with E-state index in [0.29, 0.717) is 29.1 Å². The molecule has 1 fully saturated rings. The lowest BCUT2D eigenvalue weighted by molar-refractivity contribution is 0.425. The van der Waals surface area contributed by atoms with Gasteiger partial charge in [0, 0.05) is 17.3 Å². The normalized spacial score (nSPS) is 15.0. The average molecular weight is 372 g/mol. The summed E-state index contributed by atoms with van der Waals surface area (Å²) in [7, 11) is 0. The summed E-state index contributed by atoms with van der Waals surface area (Å²) in [5, 5.41) is 5.08. The number of hydrogen-bond donors (Lipinski definition) is 0. The second-order valence-electron chi connectivity index (χ2n) is 6.68. The van der Waals surface area contributed by atoms with Crippen molar-refractivity contribution in [3.8, 4) is 11.5 Å². The fourth-order valence-corrected chi connectivity index (χ4v) is 4.44. The van der Waals surface area contributed by atoms with Gasteiger partial charge in [-0.1, -0.05) is 29.8 Å². The second-order valence-corrected chi connectivity index (χ2v) is 7.63. The highest BCUT2D eigenvalue weighted by molar-refractivity contribution is 7.98. The molecule has 3 aromatic rings. The first-order chi connectivity index (χ1) is 12.6. The Hall–Kier alpha value is -2.15. The zero-order valence-electron chi connectivity index (χ0n) is 14.9. The number of halogens is 1. The quantitative estimate of drug-likeness (QED) is 0.584. The Labute approximate surface area is 156 Å². The van der Waals surface area contributed by atoms with Gasteiger partial charge in [-0.25, -0.2) is 9.37 Å². The molecule has 0 N–H and O–H groups in total. The largest absolute Gasteiger partial charge is 0.334 e. The van der Waals surface area contributed by atoms with Gasteiger partial charge in [-0.15, -0.1) is 0 Å². The Bertz CT molecular complexity index is 897. The number of hydrogen-bond acceptors (Lipinski definition) is 5. The first-order valence-electron chi connectivity index (χ1n) is 8.88. The molecule has 1 saturated carbocycles. The first kappa shape index (κ1) is 17.3. The number of aromatic nitrogens is 4. The molecule has 0 bridgehead atoms. The minimum atomic E-state index is -0.284. The molecular formula is C19H21FN4OS. The maximum atomic E-state index is 13.0. The highest BCUT2D eigenvalue weighted by atomic mass is 32.2. The van der Waals surface area contributed by atoms with E-state index in [1.807, 2.05) is 0 Å². The van der Waals surface area contributed by atoms with Gasteiger partial charge < -0.3 is 9.09 Å². The van der Waals surface area contributed by atoms with Crippen molar-refractivity contribution in [2.75, 3.05) is 0 Å². The monoisotopic (exact) mass is 372 g/mol. The van der Waals surface area contributed by atoms with Crippen LogP contribution in [-0.4, -0.2) is 19.7 Å². The van der Waals surface area contributed by atoms with Crippen molar-refractivity contribution in [2.24, 2.45) is 0 Å². The predicted octanol–water partition coefficient (Wildman–Crippen LogP) is 5.10. The van der Waals surface area contributed by atoms with E-state index in [9.17, 15) is 4.39 Å². The van der Waals surface area contributed by atoms with E-state index in [4.69, 9.17) is 9.51 Å². The van der Waals surface area contributed by atoms with Crippen LogP contribution < -0.4 is 0 Å². The topological polar surface area (TPSA) is 56.7 Å². The number of rotatable bonds is 5. The Morgan fingerprint density at radius 3 is 2.62 bits per heavy atom. The lowest BCUT2D eigenvalue weighted by atomic mass is 10.2. The van der Waals surface area contributed by atoms with Crippen LogP contribution in [0.3, 0.4) is 0 Å². The van der Waals surface area contributed by atoms with Crippen LogP contribution >= 0.6 is 11.8 Å². The summed E-state index contributed by atoms with van der Waals surface area (Å²) in [6, 6.07) is 6.60. The molecule has 1 aliphatic carbocycles. The maximum absolute atomic E-state index is 13.0. The zero-order chi connectivity index (χ0) is 18.1. The number of benzene rings is 1. The third-order valence-corrected chi connectivity index (χ3v) is 5.88. The number of aryl methyl sites for hydroxylation is 1. The number of thioether (sulfide) groups is 1. The number of imidazole rings is 1. The molecule has 0 aliphatic heterocycles. The van der Waals surface area contributed by atoms with Crippen LogP contribution in [0.5, 0.6) is 0 Å². The standard InChI is InChI=1S/C19H21FN4OS/c1-12-13(2)24(16-5-3-4-6-16)19(21-12)26-11-17-22-18(25-23-17)14-7-9-15(20)10-8-14/h7-10,16H,3-6,11H2,1-2H3. The maximum Gasteiger partial charge on any atom is 0.257 e. The Balaban J connectivity index is 1.50. The van der Waals surface area contributed by atoms with Gasteiger partial charge in [0.2, 0.25) is 0 Å². The highest BCUT2D eigenvalue weighted by Crippen LogP contribution is 2.36. The predicted molar refractivity (Wildman–Crippen MR) is 98.5 cm³/mol. The summed E-state index contributed by atoms with van der Waals surface area (Å²) in [4.78, 5) is 9.17. The zero-order valence-corrected chi connectivity index (χ0v) is 15.7. The molecule has 0 amide bonds. The van der Waals surface area contributed by atoms with E-state index in [-0.39, 0.29) is 5.82 Å². The van der Waals surface area contributed by atoms with Crippen LogP contribution in [0.25, 0.3) is 11.5 Å². The van der Waals surface area contributed by atoms with Crippen LogP contribution in [-0.2, 0) is 5.75 Å². The Morgan fingerprint density at radius 2 is 1.88 bits per heavy atom. The lowest BCUT2D eigenvalue weighted by Gasteiger charge is -2.16. The summed E-state index contributed by atoms with van der Waals surface area (Å²) < 4.78 is 20.7. The molecule has 1 aliphatic rings. The molecule has 0 atom stereocenters. The molecule has 2 heterocycles. The van der Waals surface area contributed by atoms with Crippen molar-refractivity contribution in [1.82, 2.24) is 19.7 Å². The molecule has 0 saturated heterocycles. The SMILES string of the molecule is Cc1nc(SCc2noc(-c3ccc(F)cc3)n2)n(C2CCCC2)c1C. The van der Waals surface area contributed by atoms with Crippen LogP contribution in [0.4, 0.5) is 4.39 Å². The molecule has 0 spiro atoms. The van der Waals surface area contributed by atoms with E-state index in [0.717, 1.165) is 10.9 Å². The third kappa shape index (κ3) is 3.40. The van der Waals surface area contributed by atoms with Gasteiger partial charge in [0.25, 0.3) is 5.89 Å². The van der Waals surface area contributed by atoms with Gasteiger partial charge in [-0.3, -0.25) is 0 Å². The minimum absolute atomic E-state index is 0.284. The van der Waals surface area contributed by atoms with Crippen LogP contribution in [0, 0.1) is 19.7 Å². The van der Waals surface area contributed by atoms with Crippen LogP contribution in [0.1, 0.15) is 48.9 Å². The molecule has 4 rings (SSSR count). The summed E-state index contributed by atoms with van der Waals surface area (Å²) >= 11 is 1.64. The van der Waals surface area contributed by atoms with Crippen molar-refractivity contribution in [1.29, 1.82) is 0 Å². The van der Waals surface area contributed by atoms with E-state index in [1.165, 1.54) is 43.5 Å². The van der Waals surface area contributed by atoms with Gasteiger partial charge in [0.15, 0.2) is 11.0 Å². The average Bonchev–Trinajstić information content (AvgIpc) is 3.36. The minimum Gasteiger partial charge on any atom is -0.334 e. The molecule has 136 valence electrons. The highest BCUT2D eigenvalue weighted by Gasteiger charge is 2.23. The smallest absolute Gasteiger partial charge is 0.257 e.